The number of amides is 1. The van der Waals surface area contributed by atoms with Gasteiger partial charge in [-0.15, -0.1) is 21.8 Å². The fourth-order valence-electron chi connectivity index (χ4n) is 2.81. The second-order valence-corrected chi connectivity index (χ2v) is 8.68. The topological polar surface area (TPSA) is 55.3 Å². The molecule has 1 aliphatic heterocycles. The minimum absolute atomic E-state index is 0.155. The highest BCUT2D eigenvalue weighted by atomic mass is 35.5. The quantitative estimate of drug-likeness (QED) is 0.347. The lowest BCUT2D eigenvalue weighted by molar-refractivity contribution is -0.123. The predicted octanol–water partition coefficient (Wildman–Crippen LogP) is 5.77. The van der Waals surface area contributed by atoms with Crippen molar-refractivity contribution in [3.63, 3.8) is 0 Å². The summed E-state index contributed by atoms with van der Waals surface area (Å²) in [6.07, 6.45) is 0. The molecule has 2 unspecified atom stereocenters. The van der Waals surface area contributed by atoms with E-state index in [2.05, 4.69) is 10.2 Å². The van der Waals surface area contributed by atoms with E-state index in [1.165, 1.54) is 16.2 Å². The number of rotatable bonds is 5. The number of nitrogens with zero attached hydrogens (tertiary/aromatic N) is 3. The number of ether oxygens (including phenoxy) is 1. The van der Waals surface area contributed by atoms with Crippen LogP contribution in [0.4, 0.5) is 5.13 Å². The molecule has 0 bridgehead atoms. The summed E-state index contributed by atoms with van der Waals surface area (Å²) >= 11 is 25.7. The molecule has 4 rings (SSSR count). The molecular weight excluding hydrogens is 464 g/mol. The fraction of sp³-hybridized carbons (Fsp3) is 0.167. The molecule has 3 aromatic rings. The maximum absolute atomic E-state index is 12.4. The highest BCUT2D eigenvalue weighted by molar-refractivity contribution is 7.15. The van der Waals surface area contributed by atoms with Crippen LogP contribution in [0.2, 0.25) is 15.1 Å². The molecule has 144 valence electrons. The molecule has 0 aliphatic carbocycles. The molecular formula is C18H11Cl4N3O2S. The summed E-state index contributed by atoms with van der Waals surface area (Å²) in [6.45, 7) is 0.155. The van der Waals surface area contributed by atoms with Crippen LogP contribution in [0, 0.1) is 0 Å². The zero-order valence-electron chi connectivity index (χ0n) is 14.0. The van der Waals surface area contributed by atoms with Crippen molar-refractivity contribution in [1.29, 1.82) is 0 Å². The van der Waals surface area contributed by atoms with Gasteiger partial charge in [0, 0.05) is 10.0 Å². The van der Waals surface area contributed by atoms with Gasteiger partial charge in [0.1, 0.15) is 17.7 Å². The van der Waals surface area contributed by atoms with Crippen LogP contribution in [-0.2, 0) is 11.4 Å². The second-order valence-electron chi connectivity index (χ2n) is 5.92. The first-order valence-corrected chi connectivity index (χ1v) is 10.5. The lowest BCUT2D eigenvalue weighted by atomic mass is 9.94. The van der Waals surface area contributed by atoms with Crippen molar-refractivity contribution >= 4 is 68.8 Å². The number of anilines is 1. The first kappa shape index (κ1) is 19.7. The van der Waals surface area contributed by atoms with Crippen molar-refractivity contribution in [1.82, 2.24) is 10.2 Å². The minimum Gasteiger partial charge on any atom is -0.485 e. The fourth-order valence-corrected chi connectivity index (χ4v) is 4.67. The molecule has 0 radical (unpaired) electrons. The average molecular weight is 475 g/mol. The van der Waals surface area contributed by atoms with E-state index < -0.39 is 11.4 Å². The lowest BCUT2D eigenvalue weighted by Crippen LogP contribution is -2.56. The third-order valence-electron chi connectivity index (χ3n) is 4.16. The number of carbonyl (C=O) groups is 1. The molecule has 5 nitrogen and oxygen atoms in total. The molecule has 1 fully saturated rings. The van der Waals surface area contributed by atoms with E-state index in [9.17, 15) is 4.79 Å². The maximum Gasteiger partial charge on any atom is 0.250 e. The Labute approximate surface area is 184 Å². The highest BCUT2D eigenvalue weighted by Crippen LogP contribution is 2.45. The van der Waals surface area contributed by atoms with E-state index in [1.807, 2.05) is 18.2 Å². The molecule has 2 heterocycles. The zero-order valence-corrected chi connectivity index (χ0v) is 17.8. The van der Waals surface area contributed by atoms with Crippen LogP contribution in [0.5, 0.6) is 5.75 Å². The Bertz CT molecular complexity index is 1050. The van der Waals surface area contributed by atoms with Crippen LogP contribution in [0.1, 0.15) is 16.6 Å². The van der Waals surface area contributed by atoms with Crippen molar-refractivity contribution in [2.45, 2.75) is 18.0 Å². The van der Waals surface area contributed by atoms with Crippen LogP contribution >= 0.6 is 57.7 Å². The lowest BCUT2D eigenvalue weighted by Gasteiger charge is -2.42. The van der Waals surface area contributed by atoms with Gasteiger partial charge in [-0.05, 0) is 29.8 Å². The van der Waals surface area contributed by atoms with Crippen LogP contribution in [0.15, 0.2) is 42.5 Å². The number of benzene rings is 2. The standard InChI is InChI=1S/C18H11Cl4N3O2S/c19-9-5-6-13(12(21)7-9)27-8-14-23-24-18(28-14)25-16(15(22)17(25)26)10-3-1-2-4-11(10)20/h1-7,15-16H,8H2. The number of halogens is 4. The molecule has 0 spiro atoms. The van der Waals surface area contributed by atoms with Gasteiger partial charge in [0.15, 0.2) is 5.01 Å². The smallest absolute Gasteiger partial charge is 0.250 e. The van der Waals surface area contributed by atoms with Gasteiger partial charge in [-0.2, -0.15) is 0 Å². The molecule has 2 atom stereocenters. The number of β-lactam (4-membered cyclic amide) rings is 1. The summed E-state index contributed by atoms with van der Waals surface area (Å²) in [7, 11) is 0. The summed E-state index contributed by atoms with van der Waals surface area (Å²) in [5.74, 6) is 0.244. The Morgan fingerprint density at radius 3 is 2.61 bits per heavy atom. The molecule has 0 saturated carbocycles. The predicted molar refractivity (Wildman–Crippen MR) is 112 cm³/mol. The number of alkyl halides is 1. The molecule has 1 aliphatic rings. The van der Waals surface area contributed by atoms with Gasteiger partial charge in [-0.1, -0.05) is 64.3 Å². The van der Waals surface area contributed by atoms with Crippen LogP contribution in [-0.4, -0.2) is 21.5 Å². The van der Waals surface area contributed by atoms with Gasteiger partial charge in [-0.25, -0.2) is 0 Å². The Kier molecular flexibility index (Phi) is 5.67. The SMILES string of the molecule is O=C1C(Cl)C(c2ccccc2Cl)N1c1nnc(COc2ccc(Cl)cc2Cl)s1. The maximum atomic E-state index is 12.4. The molecule has 10 heteroatoms. The van der Waals surface area contributed by atoms with Crippen LogP contribution < -0.4 is 9.64 Å². The van der Waals surface area contributed by atoms with E-state index in [0.29, 0.717) is 31.0 Å². The Morgan fingerprint density at radius 2 is 1.86 bits per heavy atom. The first-order chi connectivity index (χ1) is 13.5. The van der Waals surface area contributed by atoms with E-state index >= 15 is 0 Å². The normalized spacial score (nSPS) is 18.9. The van der Waals surface area contributed by atoms with Crippen molar-refractivity contribution in [3.8, 4) is 5.75 Å². The van der Waals surface area contributed by atoms with E-state index in [-0.39, 0.29) is 12.5 Å². The summed E-state index contributed by atoms with van der Waals surface area (Å²) in [5.41, 5.74) is 0.768. The third-order valence-corrected chi connectivity index (χ3v) is 6.36. The number of aromatic nitrogens is 2. The molecule has 1 aromatic heterocycles. The summed E-state index contributed by atoms with van der Waals surface area (Å²) in [5, 5.41) is 10.0. The number of carbonyl (C=O) groups excluding carboxylic acids is 1. The van der Waals surface area contributed by atoms with Gasteiger partial charge in [-0.3, -0.25) is 9.69 Å². The Balaban J connectivity index is 1.51. The second kappa shape index (κ2) is 8.05. The molecule has 2 aromatic carbocycles. The average Bonchev–Trinajstić information content (AvgIpc) is 3.13. The number of hydrogen-bond acceptors (Lipinski definition) is 5. The van der Waals surface area contributed by atoms with E-state index in [4.69, 9.17) is 51.1 Å². The van der Waals surface area contributed by atoms with Crippen LogP contribution in [0.3, 0.4) is 0 Å². The number of hydrogen-bond donors (Lipinski definition) is 0. The molecule has 1 saturated heterocycles. The highest BCUT2D eigenvalue weighted by Gasteiger charge is 2.50. The van der Waals surface area contributed by atoms with Gasteiger partial charge in [0.25, 0.3) is 0 Å². The van der Waals surface area contributed by atoms with Gasteiger partial charge >= 0.3 is 0 Å². The summed E-state index contributed by atoms with van der Waals surface area (Å²) in [4.78, 5) is 13.9. The summed E-state index contributed by atoms with van der Waals surface area (Å²) < 4.78 is 5.67. The molecule has 28 heavy (non-hydrogen) atoms. The van der Waals surface area contributed by atoms with Gasteiger partial charge in [0.2, 0.25) is 11.0 Å². The first-order valence-electron chi connectivity index (χ1n) is 8.07. The van der Waals surface area contributed by atoms with Gasteiger partial charge < -0.3 is 4.74 Å². The summed E-state index contributed by atoms with van der Waals surface area (Å²) in [6, 6.07) is 11.8. The Morgan fingerprint density at radius 1 is 1.07 bits per heavy atom. The van der Waals surface area contributed by atoms with Crippen molar-refractivity contribution in [3.05, 3.63) is 68.1 Å². The van der Waals surface area contributed by atoms with Crippen molar-refractivity contribution in [2.75, 3.05) is 4.90 Å². The minimum atomic E-state index is -0.698. The van der Waals surface area contributed by atoms with Crippen LogP contribution in [0.25, 0.3) is 0 Å². The third kappa shape index (κ3) is 3.67. The molecule has 1 amide bonds. The monoisotopic (exact) mass is 473 g/mol. The Hall–Kier alpha value is -1.57. The van der Waals surface area contributed by atoms with Gasteiger partial charge in [0.05, 0.1) is 11.1 Å². The van der Waals surface area contributed by atoms with Crippen molar-refractivity contribution < 1.29 is 9.53 Å². The van der Waals surface area contributed by atoms with E-state index in [1.54, 1.807) is 24.3 Å². The van der Waals surface area contributed by atoms with E-state index in [0.717, 1.165) is 5.56 Å². The van der Waals surface area contributed by atoms with Crippen molar-refractivity contribution in [2.24, 2.45) is 0 Å². The zero-order chi connectivity index (χ0) is 19.8. The molecule has 0 N–H and O–H groups in total. The largest absolute Gasteiger partial charge is 0.485 e.